The number of aromatic nitrogens is 2. The molecule has 3 aromatic rings. The SMILES string of the molecule is CCOc1ccc(/C=C2\CCC[C@@H]3C2=NN(C(=O)c2nn(CC)cc2[N+](=O)[O-])[C@@H]3c2ccc(OCC)cc2)cc1. The number of carbonyl (C=O) groups is 1. The van der Waals surface area contributed by atoms with Gasteiger partial charge in [-0.05, 0) is 87.1 Å². The largest absolute Gasteiger partial charge is 0.494 e. The van der Waals surface area contributed by atoms with E-state index in [0.717, 1.165) is 53.2 Å². The van der Waals surface area contributed by atoms with Crippen LogP contribution in [0.25, 0.3) is 6.08 Å². The van der Waals surface area contributed by atoms with E-state index in [9.17, 15) is 14.9 Å². The van der Waals surface area contributed by atoms with Crippen molar-refractivity contribution in [2.75, 3.05) is 13.2 Å². The van der Waals surface area contributed by atoms with Crippen molar-refractivity contribution >= 4 is 23.4 Å². The Balaban J connectivity index is 1.56. The Morgan fingerprint density at radius 1 is 1.05 bits per heavy atom. The molecule has 0 radical (unpaired) electrons. The van der Waals surface area contributed by atoms with Crippen LogP contribution in [0.5, 0.6) is 11.5 Å². The molecule has 5 rings (SSSR count). The first-order valence-corrected chi connectivity index (χ1v) is 13.7. The van der Waals surface area contributed by atoms with E-state index in [2.05, 4.69) is 11.2 Å². The highest BCUT2D eigenvalue weighted by molar-refractivity contribution is 6.09. The first-order chi connectivity index (χ1) is 19.4. The standard InChI is InChI=1S/C30H33N5O5/c1-4-33-19-26(35(37)38)28(31-33)30(36)34-29(21-12-16-24(17-13-21)40-6-3)25-9-7-8-22(27(25)32-34)18-20-10-14-23(15-11-20)39-5-2/h10-19,25,29H,4-9H2,1-3H3/b22-18+/t25-,29-/m1/s1. The first-order valence-electron chi connectivity index (χ1n) is 13.7. The van der Waals surface area contributed by atoms with E-state index in [1.807, 2.05) is 69.3 Å². The van der Waals surface area contributed by atoms with Crippen molar-refractivity contribution in [3.8, 4) is 11.5 Å². The van der Waals surface area contributed by atoms with Crippen molar-refractivity contribution in [1.82, 2.24) is 14.8 Å². The van der Waals surface area contributed by atoms with Gasteiger partial charge in [-0.3, -0.25) is 19.6 Å². The van der Waals surface area contributed by atoms with Gasteiger partial charge in [-0.2, -0.15) is 10.2 Å². The zero-order valence-corrected chi connectivity index (χ0v) is 22.9. The van der Waals surface area contributed by atoms with E-state index in [-0.39, 0.29) is 17.3 Å². The summed E-state index contributed by atoms with van der Waals surface area (Å²) in [5.74, 6) is 0.905. The number of nitro groups is 1. The summed E-state index contributed by atoms with van der Waals surface area (Å²) in [6, 6.07) is 15.1. The Kier molecular flexibility index (Phi) is 7.95. The second-order valence-electron chi connectivity index (χ2n) is 9.73. The molecular formula is C30H33N5O5. The van der Waals surface area contributed by atoms with Crippen molar-refractivity contribution in [2.24, 2.45) is 11.0 Å². The zero-order valence-electron chi connectivity index (χ0n) is 22.9. The van der Waals surface area contributed by atoms with Gasteiger partial charge in [0.05, 0.1) is 29.9 Å². The minimum Gasteiger partial charge on any atom is -0.494 e. The summed E-state index contributed by atoms with van der Waals surface area (Å²) in [5.41, 5.74) is 3.27. The molecule has 1 amide bonds. The molecule has 10 heteroatoms. The van der Waals surface area contributed by atoms with Crippen LogP contribution in [-0.2, 0) is 6.54 Å². The smallest absolute Gasteiger partial charge is 0.320 e. The molecule has 1 aliphatic carbocycles. The van der Waals surface area contributed by atoms with Crippen LogP contribution in [0.4, 0.5) is 5.69 Å². The molecule has 0 N–H and O–H groups in total. The number of rotatable bonds is 9. The number of aryl methyl sites for hydroxylation is 1. The molecule has 0 unspecified atom stereocenters. The normalized spacial score (nSPS) is 19.3. The van der Waals surface area contributed by atoms with Gasteiger partial charge < -0.3 is 9.47 Å². The van der Waals surface area contributed by atoms with Crippen LogP contribution in [0.2, 0.25) is 0 Å². The van der Waals surface area contributed by atoms with Gasteiger partial charge in [0.25, 0.3) is 0 Å². The number of hydrazone groups is 1. The summed E-state index contributed by atoms with van der Waals surface area (Å²) >= 11 is 0. The van der Waals surface area contributed by atoms with Crippen molar-refractivity contribution < 1.29 is 19.2 Å². The lowest BCUT2D eigenvalue weighted by atomic mass is 9.77. The molecule has 208 valence electrons. The number of fused-ring (bicyclic) bond motifs is 1. The second kappa shape index (κ2) is 11.7. The number of allylic oxidation sites excluding steroid dienone is 1. The molecule has 40 heavy (non-hydrogen) atoms. The van der Waals surface area contributed by atoms with Crippen molar-refractivity contribution in [3.63, 3.8) is 0 Å². The third-order valence-electron chi connectivity index (χ3n) is 7.24. The van der Waals surface area contributed by atoms with Gasteiger partial charge in [-0.1, -0.05) is 24.3 Å². The highest BCUT2D eigenvalue weighted by Crippen LogP contribution is 2.45. The van der Waals surface area contributed by atoms with Crippen molar-refractivity contribution in [2.45, 2.75) is 52.6 Å². The fraction of sp³-hybridized carbons (Fsp3) is 0.367. The average Bonchev–Trinajstić information content (AvgIpc) is 3.58. The van der Waals surface area contributed by atoms with E-state index < -0.39 is 16.9 Å². The number of benzene rings is 2. The van der Waals surface area contributed by atoms with E-state index in [1.165, 1.54) is 15.9 Å². The first kappa shape index (κ1) is 27.1. The van der Waals surface area contributed by atoms with Crippen LogP contribution in [-0.4, -0.2) is 44.5 Å². The molecule has 0 saturated heterocycles. The topological polar surface area (TPSA) is 112 Å². The molecule has 2 atom stereocenters. The Bertz CT molecular complexity index is 1440. The number of amides is 1. The lowest BCUT2D eigenvalue weighted by molar-refractivity contribution is -0.385. The number of nitrogens with zero attached hydrogens (tertiary/aromatic N) is 5. The average molecular weight is 544 g/mol. The number of hydrogen-bond acceptors (Lipinski definition) is 7. The van der Waals surface area contributed by atoms with Gasteiger partial charge in [0.1, 0.15) is 17.7 Å². The molecule has 1 saturated carbocycles. The molecule has 1 fully saturated rings. The Labute approximate surface area is 233 Å². The quantitative estimate of drug-likeness (QED) is 0.240. The third kappa shape index (κ3) is 5.34. The fourth-order valence-corrected chi connectivity index (χ4v) is 5.42. The second-order valence-corrected chi connectivity index (χ2v) is 9.73. The number of hydrogen-bond donors (Lipinski definition) is 0. The summed E-state index contributed by atoms with van der Waals surface area (Å²) in [6.45, 7) is 7.25. The van der Waals surface area contributed by atoms with E-state index in [4.69, 9.17) is 14.6 Å². The zero-order chi connectivity index (χ0) is 28.2. The molecule has 2 heterocycles. The lowest BCUT2D eigenvalue weighted by Gasteiger charge is -2.29. The molecule has 0 bridgehead atoms. The van der Waals surface area contributed by atoms with Gasteiger partial charge in [0, 0.05) is 12.5 Å². The van der Waals surface area contributed by atoms with E-state index in [1.54, 1.807) is 0 Å². The number of carbonyl (C=O) groups excluding carboxylic acids is 1. The van der Waals surface area contributed by atoms with Crippen molar-refractivity contribution in [3.05, 3.63) is 87.2 Å². The maximum Gasteiger partial charge on any atom is 0.320 e. The molecule has 1 aliphatic heterocycles. The molecule has 1 aromatic heterocycles. The molecule has 2 aliphatic rings. The Morgan fingerprint density at radius 3 is 2.30 bits per heavy atom. The van der Waals surface area contributed by atoms with Gasteiger partial charge in [0.2, 0.25) is 5.69 Å². The van der Waals surface area contributed by atoms with Crippen LogP contribution < -0.4 is 9.47 Å². The van der Waals surface area contributed by atoms with Gasteiger partial charge in [-0.25, -0.2) is 5.01 Å². The highest BCUT2D eigenvalue weighted by atomic mass is 16.6. The summed E-state index contributed by atoms with van der Waals surface area (Å²) in [4.78, 5) is 25.2. The fourth-order valence-electron chi connectivity index (χ4n) is 5.42. The monoisotopic (exact) mass is 543 g/mol. The predicted molar refractivity (Wildman–Crippen MR) is 151 cm³/mol. The van der Waals surface area contributed by atoms with Crippen LogP contribution in [0.3, 0.4) is 0 Å². The predicted octanol–water partition coefficient (Wildman–Crippen LogP) is 6.05. The minimum absolute atomic E-state index is 0.0584. The molecular weight excluding hydrogens is 510 g/mol. The van der Waals surface area contributed by atoms with Gasteiger partial charge in [0.15, 0.2) is 0 Å². The lowest BCUT2D eigenvalue weighted by Crippen LogP contribution is -2.32. The minimum atomic E-state index is -0.583. The molecule has 10 nitrogen and oxygen atoms in total. The van der Waals surface area contributed by atoms with Gasteiger partial charge >= 0.3 is 11.6 Å². The maximum atomic E-state index is 13.9. The van der Waals surface area contributed by atoms with Crippen LogP contribution in [0.1, 0.15) is 67.7 Å². The summed E-state index contributed by atoms with van der Waals surface area (Å²) in [5, 5.41) is 22.3. The third-order valence-corrected chi connectivity index (χ3v) is 7.24. The van der Waals surface area contributed by atoms with Crippen LogP contribution in [0, 0.1) is 16.0 Å². The maximum absolute atomic E-state index is 13.9. The summed E-state index contributed by atoms with van der Waals surface area (Å²) in [6.07, 6.45) is 6.01. The summed E-state index contributed by atoms with van der Waals surface area (Å²) < 4.78 is 12.6. The molecule has 2 aromatic carbocycles. The number of ether oxygens (including phenoxy) is 2. The summed E-state index contributed by atoms with van der Waals surface area (Å²) in [7, 11) is 0. The Morgan fingerprint density at radius 2 is 1.70 bits per heavy atom. The van der Waals surface area contributed by atoms with E-state index in [0.29, 0.717) is 19.8 Å². The van der Waals surface area contributed by atoms with Crippen LogP contribution in [0.15, 0.2) is 65.4 Å². The van der Waals surface area contributed by atoms with Crippen LogP contribution >= 0.6 is 0 Å². The highest BCUT2D eigenvalue weighted by Gasteiger charge is 2.45. The van der Waals surface area contributed by atoms with Gasteiger partial charge in [-0.15, -0.1) is 0 Å². The van der Waals surface area contributed by atoms with E-state index >= 15 is 0 Å². The Hall–Kier alpha value is -4.47. The van der Waals surface area contributed by atoms with Crippen molar-refractivity contribution in [1.29, 1.82) is 0 Å². The molecule has 0 spiro atoms.